The van der Waals surface area contributed by atoms with Crippen molar-refractivity contribution in [2.75, 3.05) is 20.8 Å². The molecule has 0 saturated heterocycles. The average molecular weight is 534 g/mol. The molecule has 1 saturated carbocycles. The van der Waals surface area contributed by atoms with Crippen molar-refractivity contribution < 1.29 is 23.8 Å². The van der Waals surface area contributed by atoms with E-state index >= 15 is 0 Å². The lowest BCUT2D eigenvalue weighted by Crippen LogP contribution is -2.38. The van der Waals surface area contributed by atoms with Gasteiger partial charge in [0.1, 0.15) is 18.1 Å². The zero-order valence-corrected chi connectivity index (χ0v) is 22.5. The number of carbonyl (C=O) groups is 2. The molecule has 3 aliphatic rings. The third-order valence-electron chi connectivity index (χ3n) is 6.75. The number of esters is 1. The number of rotatable bonds is 10. The number of hydrogen-bond acceptors (Lipinski definition) is 8. The summed E-state index contributed by atoms with van der Waals surface area (Å²) in [6.45, 7) is 2.66. The molecule has 2 aromatic carbocycles. The minimum atomic E-state index is -0.577. The second-order valence-electron chi connectivity index (χ2n) is 9.53. The molecule has 8 nitrogen and oxygen atoms in total. The molecule has 1 fully saturated rings. The highest BCUT2D eigenvalue weighted by Crippen LogP contribution is 2.46. The number of carbonyl (C=O) groups excluding carboxylic acids is 2. The molecule has 5 rings (SSSR count). The molecular weight excluding hydrogens is 502 g/mol. The number of ether oxygens (including phenoxy) is 3. The van der Waals surface area contributed by atoms with Gasteiger partial charge in [0, 0.05) is 18.3 Å². The number of hydrogen-bond donors (Lipinski definition) is 1. The van der Waals surface area contributed by atoms with Gasteiger partial charge in [-0.25, -0.2) is 9.79 Å². The fourth-order valence-corrected chi connectivity index (χ4v) is 5.51. The maximum absolute atomic E-state index is 13.6. The standard InChI is InChI=1S/C29H31N3O5S/c1-18-26(28(34)37-16-20-7-5-4-6-8-20)27(21-11-23(35-2)14-24(12-21)36-3)32-22(17-38-29(32)31-18)13-25(33)30-15-19-9-10-19/h4-8,11-12,14,17,19,27H,9-10,13,15-16H2,1-3H3,(H,30,33). The number of fused-ring (bicyclic) bond motifs is 1. The summed E-state index contributed by atoms with van der Waals surface area (Å²) >= 11 is 1.44. The topological polar surface area (TPSA) is 89.5 Å². The van der Waals surface area contributed by atoms with Crippen LogP contribution < -0.4 is 14.8 Å². The highest BCUT2D eigenvalue weighted by molar-refractivity contribution is 8.16. The van der Waals surface area contributed by atoms with Crippen LogP contribution in [0.5, 0.6) is 11.5 Å². The fraction of sp³-hybridized carbons (Fsp3) is 0.345. The molecule has 2 heterocycles. The Kier molecular flexibility index (Phi) is 7.74. The Bertz CT molecular complexity index is 1290. The number of amides is 1. The Morgan fingerprint density at radius 3 is 2.45 bits per heavy atom. The third kappa shape index (κ3) is 5.72. The Morgan fingerprint density at radius 1 is 1.08 bits per heavy atom. The molecule has 1 atom stereocenters. The fourth-order valence-electron chi connectivity index (χ4n) is 4.54. The third-order valence-corrected chi connectivity index (χ3v) is 7.64. The van der Waals surface area contributed by atoms with E-state index in [0.29, 0.717) is 40.4 Å². The molecule has 1 unspecified atom stereocenters. The van der Waals surface area contributed by atoms with E-state index in [1.165, 1.54) is 24.6 Å². The number of nitrogens with zero attached hydrogens (tertiary/aromatic N) is 2. The molecule has 198 valence electrons. The number of amidine groups is 1. The first-order chi connectivity index (χ1) is 18.5. The molecule has 0 aromatic heterocycles. The summed E-state index contributed by atoms with van der Waals surface area (Å²) in [6, 6.07) is 14.5. The van der Waals surface area contributed by atoms with Gasteiger partial charge in [0.15, 0.2) is 5.17 Å². The van der Waals surface area contributed by atoms with Crippen LogP contribution in [0.4, 0.5) is 0 Å². The molecule has 2 aromatic rings. The number of benzene rings is 2. The van der Waals surface area contributed by atoms with Gasteiger partial charge in [-0.15, -0.1) is 0 Å². The quantitative estimate of drug-likeness (QED) is 0.433. The second kappa shape index (κ2) is 11.3. The average Bonchev–Trinajstić information content (AvgIpc) is 3.70. The molecule has 1 N–H and O–H groups in total. The van der Waals surface area contributed by atoms with Crippen molar-refractivity contribution in [3.05, 3.63) is 82.0 Å². The SMILES string of the molecule is COc1cc(OC)cc(C2C(C(=O)OCc3ccccc3)=C(C)N=C3SC=C(CC(=O)NCC4CC4)N32)c1. The number of thioether (sulfide) groups is 1. The summed E-state index contributed by atoms with van der Waals surface area (Å²) in [7, 11) is 3.17. The van der Waals surface area contributed by atoms with Gasteiger partial charge in [0.25, 0.3) is 0 Å². The molecule has 1 aliphatic carbocycles. The van der Waals surface area contributed by atoms with E-state index in [1.54, 1.807) is 20.3 Å². The Labute approximate surface area is 226 Å². The van der Waals surface area contributed by atoms with Crippen LogP contribution in [-0.2, 0) is 20.9 Å². The first kappa shape index (κ1) is 25.9. The van der Waals surface area contributed by atoms with E-state index in [1.807, 2.05) is 59.7 Å². The highest BCUT2D eigenvalue weighted by Gasteiger charge is 2.41. The van der Waals surface area contributed by atoms with Crippen LogP contribution in [0.25, 0.3) is 0 Å². The van der Waals surface area contributed by atoms with Gasteiger partial charge < -0.3 is 24.4 Å². The van der Waals surface area contributed by atoms with E-state index in [2.05, 4.69) is 5.32 Å². The van der Waals surface area contributed by atoms with Gasteiger partial charge in [0.2, 0.25) is 5.91 Å². The van der Waals surface area contributed by atoms with Crippen LogP contribution in [0.3, 0.4) is 0 Å². The first-order valence-electron chi connectivity index (χ1n) is 12.6. The van der Waals surface area contributed by atoms with Crippen LogP contribution in [0.15, 0.2) is 75.9 Å². The van der Waals surface area contributed by atoms with Crippen molar-refractivity contribution in [3.63, 3.8) is 0 Å². The molecule has 0 radical (unpaired) electrons. The van der Waals surface area contributed by atoms with Crippen LogP contribution >= 0.6 is 11.8 Å². The Morgan fingerprint density at radius 2 is 1.79 bits per heavy atom. The maximum atomic E-state index is 13.6. The molecule has 0 spiro atoms. The van der Waals surface area contributed by atoms with E-state index in [9.17, 15) is 9.59 Å². The van der Waals surface area contributed by atoms with E-state index in [0.717, 1.165) is 16.8 Å². The second-order valence-corrected chi connectivity index (χ2v) is 10.4. The van der Waals surface area contributed by atoms with Crippen molar-refractivity contribution in [1.82, 2.24) is 10.2 Å². The Balaban J connectivity index is 1.49. The molecule has 9 heteroatoms. The van der Waals surface area contributed by atoms with E-state index in [4.69, 9.17) is 19.2 Å². The van der Waals surface area contributed by atoms with Gasteiger partial charge in [-0.2, -0.15) is 0 Å². The van der Waals surface area contributed by atoms with Gasteiger partial charge in [0.05, 0.1) is 38.0 Å². The normalized spacial score (nSPS) is 18.4. The minimum Gasteiger partial charge on any atom is -0.497 e. The highest BCUT2D eigenvalue weighted by atomic mass is 32.2. The molecule has 38 heavy (non-hydrogen) atoms. The van der Waals surface area contributed by atoms with Crippen molar-refractivity contribution in [3.8, 4) is 11.5 Å². The molecule has 0 bridgehead atoms. The van der Waals surface area contributed by atoms with E-state index < -0.39 is 12.0 Å². The van der Waals surface area contributed by atoms with Gasteiger partial charge in [-0.3, -0.25) is 4.79 Å². The summed E-state index contributed by atoms with van der Waals surface area (Å²) in [4.78, 5) is 33.2. The minimum absolute atomic E-state index is 0.0496. The summed E-state index contributed by atoms with van der Waals surface area (Å²) in [6.07, 6.45) is 2.52. The molecule has 1 amide bonds. The predicted molar refractivity (Wildman–Crippen MR) is 147 cm³/mol. The first-order valence-corrected chi connectivity index (χ1v) is 13.5. The number of allylic oxidation sites excluding steroid dienone is 1. The van der Waals surface area contributed by atoms with Crippen molar-refractivity contribution in [2.24, 2.45) is 10.9 Å². The zero-order chi connectivity index (χ0) is 26.6. The summed E-state index contributed by atoms with van der Waals surface area (Å²) in [5.74, 6) is 1.27. The largest absolute Gasteiger partial charge is 0.497 e. The summed E-state index contributed by atoms with van der Waals surface area (Å²) in [5, 5.41) is 5.68. The van der Waals surface area contributed by atoms with Crippen molar-refractivity contribution >= 4 is 28.8 Å². The number of nitrogens with one attached hydrogen (secondary N) is 1. The van der Waals surface area contributed by atoms with Gasteiger partial charge >= 0.3 is 5.97 Å². The summed E-state index contributed by atoms with van der Waals surface area (Å²) < 4.78 is 16.8. The van der Waals surface area contributed by atoms with Crippen LogP contribution in [0.1, 0.15) is 43.4 Å². The van der Waals surface area contributed by atoms with Crippen LogP contribution in [0.2, 0.25) is 0 Å². The molecule has 2 aliphatic heterocycles. The predicted octanol–water partition coefficient (Wildman–Crippen LogP) is 4.94. The lowest BCUT2D eigenvalue weighted by molar-refractivity contribution is -0.141. The zero-order valence-electron chi connectivity index (χ0n) is 21.7. The number of aliphatic imine (C=N–C) groups is 1. The van der Waals surface area contributed by atoms with E-state index in [-0.39, 0.29) is 18.9 Å². The molecular formula is C29H31N3O5S. The Hall–Kier alpha value is -3.72. The van der Waals surface area contributed by atoms with Gasteiger partial charge in [-0.1, -0.05) is 42.1 Å². The smallest absolute Gasteiger partial charge is 0.338 e. The lowest BCUT2D eigenvalue weighted by Gasteiger charge is -2.36. The summed E-state index contributed by atoms with van der Waals surface area (Å²) in [5.41, 5.74) is 3.41. The van der Waals surface area contributed by atoms with Crippen LogP contribution in [-0.4, -0.2) is 42.7 Å². The van der Waals surface area contributed by atoms with Crippen molar-refractivity contribution in [1.29, 1.82) is 0 Å². The van der Waals surface area contributed by atoms with Crippen LogP contribution in [0, 0.1) is 5.92 Å². The maximum Gasteiger partial charge on any atom is 0.338 e. The monoisotopic (exact) mass is 533 g/mol. The lowest BCUT2D eigenvalue weighted by atomic mass is 9.93. The van der Waals surface area contributed by atoms with Gasteiger partial charge in [-0.05, 0) is 54.4 Å². The van der Waals surface area contributed by atoms with Crippen molar-refractivity contribution in [2.45, 2.75) is 38.8 Å². The number of methoxy groups -OCH3 is 2.